The second-order valence-corrected chi connectivity index (χ2v) is 8.57. The maximum absolute atomic E-state index is 12.4. The molecule has 1 aromatic rings. The van der Waals surface area contributed by atoms with E-state index < -0.39 is 14.6 Å². The van der Waals surface area contributed by atoms with Crippen molar-refractivity contribution < 1.29 is 22.4 Å². The Morgan fingerprint density at radius 2 is 2.23 bits per heavy atom. The number of hydrogen-bond donors (Lipinski definition) is 0. The number of furan rings is 1. The van der Waals surface area contributed by atoms with Crippen LogP contribution in [0.25, 0.3) is 0 Å². The lowest BCUT2D eigenvalue weighted by molar-refractivity contribution is 0.0250. The topological polar surface area (TPSA) is 76.8 Å². The maximum atomic E-state index is 12.4. The molecule has 3 heterocycles. The van der Waals surface area contributed by atoms with Crippen LogP contribution in [-0.4, -0.2) is 56.0 Å². The van der Waals surface area contributed by atoms with Crippen LogP contribution in [0.15, 0.2) is 16.7 Å². The van der Waals surface area contributed by atoms with Crippen LogP contribution in [0.4, 0.5) is 0 Å². The van der Waals surface area contributed by atoms with Gasteiger partial charge in [-0.1, -0.05) is 0 Å². The summed E-state index contributed by atoms with van der Waals surface area (Å²) in [4.78, 5) is 13.9. The smallest absolute Gasteiger partial charge is 0.289 e. The zero-order valence-electron chi connectivity index (χ0n) is 12.9. The van der Waals surface area contributed by atoms with Gasteiger partial charge in [0.2, 0.25) is 0 Å². The molecule has 3 rings (SSSR count). The molecular formula is C15H21NO5S. The molecule has 1 amide bonds. The molecule has 2 aliphatic rings. The maximum Gasteiger partial charge on any atom is 0.289 e. The van der Waals surface area contributed by atoms with Crippen molar-refractivity contribution in [2.75, 3.05) is 32.1 Å². The van der Waals surface area contributed by atoms with Gasteiger partial charge in [-0.25, -0.2) is 8.42 Å². The number of ether oxygens (including phenoxy) is 1. The molecule has 6 nitrogen and oxygen atoms in total. The third kappa shape index (κ3) is 2.18. The second kappa shape index (κ2) is 5.38. The van der Waals surface area contributed by atoms with E-state index in [9.17, 15) is 13.2 Å². The van der Waals surface area contributed by atoms with Crippen LogP contribution < -0.4 is 0 Å². The van der Waals surface area contributed by atoms with Crippen molar-refractivity contribution in [3.8, 4) is 0 Å². The first kappa shape index (κ1) is 15.6. The van der Waals surface area contributed by atoms with Gasteiger partial charge in [-0.2, -0.15) is 0 Å². The van der Waals surface area contributed by atoms with Crippen molar-refractivity contribution >= 4 is 15.7 Å². The summed E-state index contributed by atoms with van der Waals surface area (Å²) in [5.74, 6) is 0.225. The Balaban J connectivity index is 1.76. The van der Waals surface area contributed by atoms with E-state index in [0.29, 0.717) is 25.4 Å². The van der Waals surface area contributed by atoms with Gasteiger partial charge in [0.15, 0.2) is 15.6 Å². The van der Waals surface area contributed by atoms with Crippen LogP contribution in [0.2, 0.25) is 0 Å². The van der Waals surface area contributed by atoms with Crippen molar-refractivity contribution in [2.24, 2.45) is 5.92 Å². The molecule has 0 N–H and O–H groups in total. The Kier molecular flexibility index (Phi) is 3.81. The lowest BCUT2D eigenvalue weighted by Gasteiger charge is -2.49. The summed E-state index contributed by atoms with van der Waals surface area (Å²) in [6, 6.07) is 1.73. The molecule has 7 heteroatoms. The molecule has 1 atom stereocenters. The molecule has 2 saturated heterocycles. The molecule has 1 aromatic heterocycles. The number of likely N-dealkylation sites (tertiary alicyclic amines) is 1. The first-order valence-electron chi connectivity index (χ1n) is 7.54. The highest BCUT2D eigenvalue weighted by Crippen LogP contribution is 2.45. The highest BCUT2D eigenvalue weighted by Gasteiger charge is 2.62. The van der Waals surface area contributed by atoms with E-state index >= 15 is 0 Å². The highest BCUT2D eigenvalue weighted by molar-refractivity contribution is 7.93. The summed E-state index contributed by atoms with van der Waals surface area (Å²) in [6.07, 6.45) is 2.09. The quantitative estimate of drug-likeness (QED) is 0.832. The molecule has 0 aliphatic carbocycles. The number of rotatable bonds is 4. The fourth-order valence-electron chi connectivity index (χ4n) is 3.45. The van der Waals surface area contributed by atoms with Gasteiger partial charge >= 0.3 is 0 Å². The summed E-state index contributed by atoms with van der Waals surface area (Å²) in [7, 11) is -3.18. The molecule has 0 aromatic carbocycles. The minimum Gasteiger partial charge on any atom is -0.459 e. The third-order valence-corrected chi connectivity index (χ3v) is 7.49. The van der Waals surface area contributed by atoms with Gasteiger partial charge in [0.05, 0.1) is 18.6 Å². The van der Waals surface area contributed by atoms with Gasteiger partial charge in [-0.3, -0.25) is 4.79 Å². The van der Waals surface area contributed by atoms with E-state index in [1.54, 1.807) is 17.9 Å². The Bertz CT molecular complexity index is 672. The van der Waals surface area contributed by atoms with E-state index in [-0.39, 0.29) is 30.7 Å². The number of nitrogens with zero attached hydrogens (tertiary/aromatic N) is 1. The van der Waals surface area contributed by atoms with Gasteiger partial charge < -0.3 is 14.1 Å². The average Bonchev–Trinajstić information content (AvgIpc) is 2.95. The predicted molar refractivity (Wildman–Crippen MR) is 80.5 cm³/mol. The van der Waals surface area contributed by atoms with Crippen LogP contribution in [0.1, 0.15) is 29.5 Å². The van der Waals surface area contributed by atoms with E-state index in [2.05, 4.69) is 0 Å². The first-order valence-corrected chi connectivity index (χ1v) is 9.20. The van der Waals surface area contributed by atoms with Crippen LogP contribution in [-0.2, 0) is 14.6 Å². The molecule has 2 fully saturated rings. The van der Waals surface area contributed by atoms with Crippen molar-refractivity contribution in [1.82, 2.24) is 4.90 Å². The van der Waals surface area contributed by atoms with Crippen molar-refractivity contribution in [1.29, 1.82) is 0 Å². The number of aryl methyl sites for hydroxylation is 1. The predicted octanol–water partition coefficient (Wildman–Crippen LogP) is 1.25. The van der Waals surface area contributed by atoms with E-state index in [4.69, 9.17) is 9.15 Å². The zero-order chi connectivity index (χ0) is 16.0. The van der Waals surface area contributed by atoms with Gasteiger partial charge in [0, 0.05) is 31.2 Å². The number of carbonyl (C=O) groups excluding carboxylic acids is 1. The fourth-order valence-corrected chi connectivity index (χ4v) is 5.85. The fraction of sp³-hybridized carbons (Fsp3) is 0.667. The Labute approximate surface area is 130 Å². The standard InChI is InChI=1S/C15H21NO5S/c1-3-20-8-12-5-7-22(18,19)15(12)9-16(10-15)14(17)13-11(2)4-6-21-13/h4,6,12H,3,5,7-10H2,1-2H3/t12-/m1/s1. The number of hydrogen-bond acceptors (Lipinski definition) is 5. The van der Waals surface area contributed by atoms with Crippen LogP contribution >= 0.6 is 0 Å². The van der Waals surface area contributed by atoms with Crippen molar-refractivity contribution in [3.63, 3.8) is 0 Å². The monoisotopic (exact) mass is 327 g/mol. The van der Waals surface area contributed by atoms with Crippen LogP contribution in [0, 0.1) is 12.8 Å². The molecule has 0 radical (unpaired) electrons. The minimum absolute atomic E-state index is 0.0285. The van der Waals surface area contributed by atoms with Crippen molar-refractivity contribution in [2.45, 2.75) is 25.0 Å². The molecule has 0 bridgehead atoms. The zero-order valence-corrected chi connectivity index (χ0v) is 13.7. The summed E-state index contributed by atoms with van der Waals surface area (Å²) < 4.78 is 34.7. The number of amides is 1. The summed E-state index contributed by atoms with van der Waals surface area (Å²) in [5, 5.41) is 0. The molecular weight excluding hydrogens is 306 g/mol. The van der Waals surface area contributed by atoms with E-state index in [1.807, 2.05) is 6.92 Å². The normalized spacial score (nSPS) is 25.4. The molecule has 0 saturated carbocycles. The van der Waals surface area contributed by atoms with E-state index in [1.165, 1.54) is 6.26 Å². The summed E-state index contributed by atoms with van der Waals surface area (Å²) in [5.41, 5.74) is 0.770. The van der Waals surface area contributed by atoms with Crippen LogP contribution in [0.3, 0.4) is 0 Å². The van der Waals surface area contributed by atoms with Crippen molar-refractivity contribution in [3.05, 3.63) is 23.7 Å². The minimum atomic E-state index is -3.18. The number of carbonyl (C=O) groups is 1. The SMILES string of the molecule is CCOC[C@H]1CCS(=O)(=O)C12CN(C(=O)c1occc1C)C2. The lowest BCUT2D eigenvalue weighted by Crippen LogP contribution is -2.68. The molecule has 1 spiro atoms. The average molecular weight is 327 g/mol. The first-order chi connectivity index (χ1) is 10.4. The van der Waals surface area contributed by atoms with Crippen LogP contribution in [0.5, 0.6) is 0 Å². The molecule has 0 unspecified atom stereocenters. The molecule has 22 heavy (non-hydrogen) atoms. The summed E-state index contributed by atoms with van der Waals surface area (Å²) in [6.45, 7) is 5.19. The Morgan fingerprint density at radius 1 is 1.50 bits per heavy atom. The third-order valence-electron chi connectivity index (χ3n) is 4.88. The highest BCUT2D eigenvalue weighted by atomic mass is 32.2. The van der Waals surface area contributed by atoms with E-state index in [0.717, 1.165) is 5.56 Å². The lowest BCUT2D eigenvalue weighted by atomic mass is 9.83. The second-order valence-electron chi connectivity index (χ2n) is 6.12. The van der Waals surface area contributed by atoms with Gasteiger partial charge in [-0.05, 0) is 26.3 Å². The molecule has 2 aliphatic heterocycles. The Morgan fingerprint density at radius 3 is 2.82 bits per heavy atom. The Hall–Kier alpha value is -1.34. The molecule has 122 valence electrons. The number of sulfone groups is 1. The van der Waals surface area contributed by atoms with Gasteiger partial charge in [-0.15, -0.1) is 0 Å². The summed E-state index contributed by atoms with van der Waals surface area (Å²) >= 11 is 0. The van der Waals surface area contributed by atoms with Gasteiger partial charge in [0.1, 0.15) is 4.75 Å². The van der Waals surface area contributed by atoms with Gasteiger partial charge in [0.25, 0.3) is 5.91 Å². The largest absolute Gasteiger partial charge is 0.459 e.